The number of aromatic carboxylic acids is 1. The monoisotopic (exact) mass is 339 g/mol. The molecule has 7 heteroatoms. The summed E-state index contributed by atoms with van der Waals surface area (Å²) in [5.74, 6) is -0.105. The second-order valence-electron chi connectivity index (χ2n) is 4.27. The van der Waals surface area contributed by atoms with Crippen LogP contribution in [0.5, 0.6) is 11.5 Å². The minimum absolute atomic E-state index is 0.203. The number of ether oxygens (including phenoxy) is 2. The average Bonchev–Trinajstić information content (AvgIpc) is 2.92. The highest BCUT2D eigenvalue weighted by molar-refractivity contribution is 9.10. The zero-order valence-corrected chi connectivity index (χ0v) is 12.1. The number of hydrogen-bond donors (Lipinski definition) is 1. The van der Waals surface area contributed by atoms with Crippen LogP contribution in [-0.4, -0.2) is 29.4 Å². The maximum atomic E-state index is 10.8. The smallest absolute Gasteiger partial charge is 0.374 e. The van der Waals surface area contributed by atoms with Crippen molar-refractivity contribution >= 4 is 21.9 Å². The van der Waals surface area contributed by atoms with E-state index >= 15 is 0 Å². The molecule has 0 radical (unpaired) electrons. The third-order valence-corrected chi connectivity index (χ3v) is 3.97. The molecule has 0 saturated heterocycles. The van der Waals surface area contributed by atoms with Gasteiger partial charge in [-0.1, -0.05) is 5.16 Å². The Hall–Kier alpha value is -2.02. The molecule has 1 aliphatic heterocycles. The maximum absolute atomic E-state index is 10.8. The van der Waals surface area contributed by atoms with Crippen LogP contribution in [0.2, 0.25) is 0 Å². The number of carboxylic acid groups (broad SMARTS) is 1. The summed E-state index contributed by atoms with van der Waals surface area (Å²) in [5.41, 5.74) is 2.05. The normalized spacial score (nSPS) is 13.3. The summed E-state index contributed by atoms with van der Waals surface area (Å²) in [6.07, 6.45) is 0. The second kappa shape index (κ2) is 4.82. The highest BCUT2D eigenvalue weighted by Gasteiger charge is 2.22. The van der Waals surface area contributed by atoms with Crippen LogP contribution in [0.3, 0.4) is 0 Å². The van der Waals surface area contributed by atoms with E-state index in [1.807, 2.05) is 6.92 Å². The van der Waals surface area contributed by atoms with Gasteiger partial charge in [0, 0.05) is 11.6 Å². The molecule has 0 saturated carbocycles. The van der Waals surface area contributed by atoms with Crippen LogP contribution in [0.25, 0.3) is 11.3 Å². The molecule has 0 atom stereocenters. The molecule has 104 valence electrons. The van der Waals surface area contributed by atoms with Crippen molar-refractivity contribution in [2.24, 2.45) is 0 Å². The van der Waals surface area contributed by atoms with Gasteiger partial charge in [-0.15, -0.1) is 0 Å². The number of nitrogens with zero attached hydrogens (tertiary/aromatic N) is 1. The highest BCUT2D eigenvalue weighted by atomic mass is 79.9. The van der Waals surface area contributed by atoms with E-state index in [-0.39, 0.29) is 5.76 Å². The molecule has 1 aromatic carbocycles. The van der Waals surface area contributed by atoms with Gasteiger partial charge >= 0.3 is 5.97 Å². The largest absolute Gasteiger partial charge is 0.486 e. The van der Waals surface area contributed by atoms with Gasteiger partial charge in [0.15, 0.2) is 11.5 Å². The lowest BCUT2D eigenvalue weighted by Crippen LogP contribution is -2.16. The van der Waals surface area contributed by atoms with Crippen molar-refractivity contribution in [2.75, 3.05) is 13.2 Å². The molecule has 2 aromatic rings. The van der Waals surface area contributed by atoms with Crippen molar-refractivity contribution in [1.82, 2.24) is 5.16 Å². The first-order valence-electron chi connectivity index (χ1n) is 5.87. The Labute approximate surface area is 122 Å². The fourth-order valence-electron chi connectivity index (χ4n) is 2.01. The molecular weight excluding hydrogens is 330 g/mol. The van der Waals surface area contributed by atoms with E-state index in [4.69, 9.17) is 19.1 Å². The zero-order chi connectivity index (χ0) is 14.3. The third kappa shape index (κ3) is 2.03. The summed E-state index contributed by atoms with van der Waals surface area (Å²) < 4.78 is 16.7. The van der Waals surface area contributed by atoms with Crippen molar-refractivity contribution in [3.05, 3.63) is 27.9 Å². The number of carbonyl (C=O) groups is 1. The van der Waals surface area contributed by atoms with Gasteiger partial charge in [-0.2, -0.15) is 0 Å². The summed E-state index contributed by atoms with van der Waals surface area (Å²) in [6, 6.07) is 3.16. The van der Waals surface area contributed by atoms with Crippen LogP contribution in [0, 0.1) is 6.92 Å². The van der Waals surface area contributed by atoms with Crippen molar-refractivity contribution in [3.63, 3.8) is 0 Å². The Morgan fingerprint density at radius 2 is 2.10 bits per heavy atom. The summed E-state index contributed by atoms with van der Waals surface area (Å²) in [5, 5.41) is 12.7. The minimum Gasteiger partial charge on any atom is -0.486 e. The van der Waals surface area contributed by atoms with Gasteiger partial charge in [0.05, 0.1) is 4.47 Å². The summed E-state index contributed by atoms with van der Waals surface area (Å²) in [7, 11) is 0. The Kier molecular flexibility index (Phi) is 3.13. The molecule has 1 aliphatic rings. The first-order valence-corrected chi connectivity index (χ1v) is 6.66. The zero-order valence-electron chi connectivity index (χ0n) is 10.5. The second-order valence-corrected chi connectivity index (χ2v) is 5.06. The summed E-state index contributed by atoms with van der Waals surface area (Å²) >= 11 is 3.47. The molecule has 1 N–H and O–H groups in total. The Morgan fingerprint density at radius 3 is 2.80 bits per heavy atom. The minimum atomic E-state index is -1.15. The van der Waals surface area contributed by atoms with Crippen molar-refractivity contribution < 1.29 is 23.9 Å². The van der Waals surface area contributed by atoms with Crippen molar-refractivity contribution in [1.29, 1.82) is 0 Å². The van der Waals surface area contributed by atoms with E-state index in [0.29, 0.717) is 30.4 Å². The summed E-state index contributed by atoms with van der Waals surface area (Å²) in [4.78, 5) is 10.8. The van der Waals surface area contributed by atoms with Gasteiger partial charge in [0.25, 0.3) is 0 Å². The van der Waals surface area contributed by atoms with Crippen molar-refractivity contribution in [3.8, 4) is 22.8 Å². The first kappa shape index (κ1) is 13.0. The molecule has 0 spiro atoms. The Bertz CT molecular complexity index is 694. The lowest BCUT2D eigenvalue weighted by Gasteiger charge is -2.21. The SMILES string of the molecule is Cc1c(-c2cc(C(=O)O)on2)cc2c(c1Br)OCCO2. The fraction of sp³-hybridized carbons (Fsp3) is 0.231. The number of halogens is 1. The Balaban J connectivity index is 2.13. The van der Waals surface area contributed by atoms with Gasteiger partial charge in [0.1, 0.15) is 18.9 Å². The van der Waals surface area contributed by atoms with Gasteiger partial charge in [0.2, 0.25) is 5.76 Å². The summed E-state index contributed by atoms with van der Waals surface area (Å²) in [6.45, 7) is 2.85. The molecule has 0 aliphatic carbocycles. The highest BCUT2D eigenvalue weighted by Crippen LogP contribution is 2.44. The molecule has 20 heavy (non-hydrogen) atoms. The molecule has 2 heterocycles. The van der Waals surface area contributed by atoms with E-state index in [1.165, 1.54) is 6.07 Å². The average molecular weight is 340 g/mol. The quantitative estimate of drug-likeness (QED) is 0.905. The number of aromatic nitrogens is 1. The lowest BCUT2D eigenvalue weighted by molar-refractivity contribution is 0.0652. The van der Waals surface area contributed by atoms with E-state index in [9.17, 15) is 4.79 Å². The lowest BCUT2D eigenvalue weighted by atomic mass is 10.0. The van der Waals surface area contributed by atoms with Gasteiger partial charge in [-0.05, 0) is 34.5 Å². The fourth-order valence-corrected chi connectivity index (χ4v) is 2.53. The number of rotatable bonds is 2. The molecular formula is C13H10BrNO5. The van der Waals surface area contributed by atoms with Crippen LogP contribution in [0.4, 0.5) is 0 Å². The molecule has 1 aromatic heterocycles. The standard InChI is InChI=1S/C13H10BrNO5/c1-6-7(8-5-10(13(16)17)20-15-8)4-9-12(11(6)14)19-3-2-18-9/h4-5H,2-3H2,1H3,(H,16,17). The molecule has 0 amide bonds. The molecule has 6 nitrogen and oxygen atoms in total. The maximum Gasteiger partial charge on any atom is 0.374 e. The molecule has 0 fully saturated rings. The molecule has 0 unspecified atom stereocenters. The third-order valence-electron chi connectivity index (χ3n) is 3.02. The van der Waals surface area contributed by atoms with E-state index in [1.54, 1.807) is 6.07 Å². The molecule has 0 bridgehead atoms. The van der Waals surface area contributed by atoms with Crippen LogP contribution >= 0.6 is 15.9 Å². The predicted octanol–water partition coefficient (Wildman–Crippen LogP) is 2.88. The Morgan fingerprint density at radius 1 is 1.35 bits per heavy atom. The molecule has 3 rings (SSSR count). The number of carboxylic acids is 1. The van der Waals surface area contributed by atoms with Crippen LogP contribution in [0.15, 0.2) is 21.1 Å². The number of hydrogen-bond acceptors (Lipinski definition) is 5. The van der Waals surface area contributed by atoms with Crippen LogP contribution in [0.1, 0.15) is 16.1 Å². The van der Waals surface area contributed by atoms with E-state index in [2.05, 4.69) is 21.1 Å². The number of benzene rings is 1. The van der Waals surface area contributed by atoms with Crippen LogP contribution < -0.4 is 9.47 Å². The predicted molar refractivity (Wildman–Crippen MR) is 72.3 cm³/mol. The van der Waals surface area contributed by atoms with Gasteiger partial charge in [-0.25, -0.2) is 4.79 Å². The van der Waals surface area contributed by atoms with Gasteiger partial charge < -0.3 is 19.1 Å². The van der Waals surface area contributed by atoms with E-state index < -0.39 is 5.97 Å². The topological polar surface area (TPSA) is 81.8 Å². The number of fused-ring (bicyclic) bond motifs is 1. The first-order chi connectivity index (χ1) is 9.58. The van der Waals surface area contributed by atoms with Gasteiger partial charge in [-0.3, -0.25) is 0 Å². The van der Waals surface area contributed by atoms with E-state index in [0.717, 1.165) is 15.6 Å². The van der Waals surface area contributed by atoms with Crippen molar-refractivity contribution in [2.45, 2.75) is 6.92 Å². The van der Waals surface area contributed by atoms with Crippen LogP contribution in [-0.2, 0) is 0 Å².